The number of amides is 1. The van der Waals surface area contributed by atoms with Gasteiger partial charge in [-0.05, 0) is 35.3 Å². The maximum absolute atomic E-state index is 13.1. The van der Waals surface area contributed by atoms with Crippen molar-refractivity contribution < 1.29 is 14.6 Å². The Morgan fingerprint density at radius 2 is 1.63 bits per heavy atom. The molecule has 184 valence electrons. The SMILES string of the molecule is CSc1nnc2c(n1)O[C@H](c1cc(C(C)(C)C)c(O)c(C(C)(C)C)c1)N(C(C)=O)c1ccccc1-2. The predicted octanol–water partition coefficient (Wildman–Crippen LogP) is 6.01. The summed E-state index contributed by atoms with van der Waals surface area (Å²) in [5.74, 6) is 0.399. The molecule has 0 saturated carbocycles. The zero-order chi connectivity index (χ0) is 25.7. The van der Waals surface area contributed by atoms with Crippen molar-refractivity contribution in [2.24, 2.45) is 0 Å². The smallest absolute Gasteiger partial charge is 0.247 e. The molecule has 1 N–H and O–H groups in total. The number of carbonyl (C=O) groups is 1. The van der Waals surface area contributed by atoms with Crippen LogP contribution in [0, 0.1) is 0 Å². The molecule has 0 bridgehead atoms. The van der Waals surface area contributed by atoms with Gasteiger partial charge in [-0.1, -0.05) is 71.5 Å². The number of anilines is 1. The Kier molecular flexibility index (Phi) is 6.30. The number of phenolic OH excluding ortho intramolecular Hbond substituents is 1. The summed E-state index contributed by atoms with van der Waals surface area (Å²) >= 11 is 1.37. The van der Waals surface area contributed by atoms with Gasteiger partial charge < -0.3 is 9.84 Å². The Morgan fingerprint density at radius 3 is 2.17 bits per heavy atom. The predicted molar refractivity (Wildman–Crippen MR) is 139 cm³/mol. The first-order chi connectivity index (χ1) is 16.3. The minimum Gasteiger partial charge on any atom is -0.507 e. The lowest BCUT2D eigenvalue weighted by atomic mass is 9.78. The highest BCUT2D eigenvalue weighted by Gasteiger charge is 2.37. The van der Waals surface area contributed by atoms with Gasteiger partial charge in [0.05, 0.1) is 5.69 Å². The molecule has 0 saturated heterocycles. The van der Waals surface area contributed by atoms with Gasteiger partial charge in [-0.15, -0.1) is 10.2 Å². The van der Waals surface area contributed by atoms with Crippen molar-refractivity contribution >= 4 is 23.4 Å². The minimum atomic E-state index is -0.816. The molecule has 2 heterocycles. The molecule has 0 radical (unpaired) electrons. The monoisotopic (exact) mass is 492 g/mol. The van der Waals surface area contributed by atoms with Crippen LogP contribution < -0.4 is 9.64 Å². The number of phenols is 1. The van der Waals surface area contributed by atoms with E-state index in [2.05, 4.69) is 56.7 Å². The fourth-order valence-corrected chi connectivity index (χ4v) is 4.60. The number of benzene rings is 2. The molecule has 1 aliphatic rings. The van der Waals surface area contributed by atoms with Gasteiger partial charge in [-0.25, -0.2) is 0 Å². The highest BCUT2D eigenvalue weighted by Crippen LogP contribution is 2.46. The van der Waals surface area contributed by atoms with Gasteiger partial charge in [0.25, 0.3) is 0 Å². The third-order valence-corrected chi connectivity index (χ3v) is 6.61. The van der Waals surface area contributed by atoms with Gasteiger partial charge in [0.15, 0.2) is 5.69 Å². The van der Waals surface area contributed by atoms with Crippen LogP contribution in [0.15, 0.2) is 41.6 Å². The highest BCUT2D eigenvalue weighted by atomic mass is 32.2. The Balaban J connectivity index is 2.04. The van der Waals surface area contributed by atoms with Crippen molar-refractivity contribution in [1.29, 1.82) is 0 Å². The maximum Gasteiger partial charge on any atom is 0.247 e. The van der Waals surface area contributed by atoms with E-state index < -0.39 is 6.23 Å². The number of aromatic hydroxyl groups is 1. The van der Waals surface area contributed by atoms with Crippen LogP contribution in [0.1, 0.15) is 71.4 Å². The van der Waals surface area contributed by atoms with E-state index in [0.717, 1.165) is 22.3 Å². The zero-order valence-corrected chi connectivity index (χ0v) is 22.3. The number of fused-ring (bicyclic) bond motifs is 3. The number of aromatic nitrogens is 3. The van der Waals surface area contributed by atoms with Gasteiger partial charge in [0, 0.05) is 29.2 Å². The minimum absolute atomic E-state index is 0.184. The first-order valence-corrected chi connectivity index (χ1v) is 12.8. The van der Waals surface area contributed by atoms with Crippen LogP contribution in [0.2, 0.25) is 0 Å². The van der Waals surface area contributed by atoms with Gasteiger partial charge >= 0.3 is 0 Å². The largest absolute Gasteiger partial charge is 0.507 e. The van der Waals surface area contributed by atoms with Crippen LogP contribution in [-0.2, 0) is 15.6 Å². The van der Waals surface area contributed by atoms with E-state index in [4.69, 9.17) is 4.74 Å². The van der Waals surface area contributed by atoms with E-state index in [1.165, 1.54) is 18.7 Å². The normalized spacial score (nSPS) is 15.7. The second kappa shape index (κ2) is 8.82. The fourth-order valence-electron chi connectivity index (χ4n) is 4.30. The fraction of sp³-hybridized carbons (Fsp3) is 0.407. The van der Waals surface area contributed by atoms with E-state index in [1.807, 2.05) is 42.7 Å². The number of hydrogen-bond acceptors (Lipinski definition) is 7. The summed E-state index contributed by atoms with van der Waals surface area (Å²) in [6.45, 7) is 13.9. The van der Waals surface area contributed by atoms with Crippen LogP contribution in [0.4, 0.5) is 5.69 Å². The molecule has 1 aliphatic heterocycles. The standard InChI is InChI=1S/C27H32N4O3S/c1-15(32)31-20-12-10-9-11-17(20)21-23(28-25(35-8)30-29-21)34-24(31)16-13-18(26(2,3)4)22(33)19(14-16)27(5,6)7/h9-14,24,33H,1-8H3/t24-/m1/s1. The van der Waals surface area contributed by atoms with Crippen molar-refractivity contribution in [3.63, 3.8) is 0 Å². The number of carbonyl (C=O) groups excluding carboxylic acids is 1. The average molecular weight is 493 g/mol. The summed E-state index contributed by atoms with van der Waals surface area (Å²) in [5, 5.41) is 20.3. The van der Waals surface area contributed by atoms with Crippen LogP contribution in [-0.4, -0.2) is 32.5 Å². The van der Waals surface area contributed by atoms with Gasteiger partial charge in [-0.3, -0.25) is 9.69 Å². The Bertz CT molecular complexity index is 1260. The molecule has 0 fully saturated rings. The first kappa shape index (κ1) is 25.0. The molecule has 1 amide bonds. The number of thioether (sulfide) groups is 1. The average Bonchev–Trinajstić information content (AvgIpc) is 2.91. The van der Waals surface area contributed by atoms with Gasteiger partial charge in [0.1, 0.15) is 5.75 Å². The lowest BCUT2D eigenvalue weighted by Gasteiger charge is -2.33. The van der Waals surface area contributed by atoms with E-state index in [9.17, 15) is 9.90 Å². The second-order valence-corrected chi connectivity index (χ2v) is 11.6. The first-order valence-electron chi connectivity index (χ1n) is 11.6. The highest BCUT2D eigenvalue weighted by molar-refractivity contribution is 7.98. The quantitative estimate of drug-likeness (QED) is 0.439. The Hall–Kier alpha value is -3.13. The van der Waals surface area contributed by atoms with Crippen molar-refractivity contribution in [1.82, 2.24) is 15.2 Å². The third kappa shape index (κ3) is 4.59. The summed E-state index contributed by atoms with van der Waals surface area (Å²) in [5.41, 5.74) is 3.52. The van der Waals surface area contributed by atoms with Crippen LogP contribution >= 0.6 is 11.8 Å². The van der Waals surface area contributed by atoms with Crippen molar-refractivity contribution in [3.8, 4) is 22.9 Å². The lowest BCUT2D eigenvalue weighted by molar-refractivity contribution is -0.118. The summed E-state index contributed by atoms with van der Waals surface area (Å²) in [7, 11) is 0. The number of nitrogens with zero attached hydrogens (tertiary/aromatic N) is 4. The van der Waals surface area contributed by atoms with E-state index in [-0.39, 0.29) is 22.5 Å². The molecule has 1 aromatic heterocycles. The Labute approximate surface area is 210 Å². The summed E-state index contributed by atoms with van der Waals surface area (Å²) in [6.07, 6.45) is 1.06. The third-order valence-electron chi connectivity index (χ3n) is 6.07. The lowest BCUT2D eigenvalue weighted by Crippen LogP contribution is -2.36. The number of ether oxygens (including phenoxy) is 1. The van der Waals surface area contributed by atoms with Crippen molar-refractivity contribution in [3.05, 3.63) is 53.1 Å². The molecule has 1 atom stereocenters. The van der Waals surface area contributed by atoms with Gasteiger partial charge in [-0.2, -0.15) is 4.98 Å². The van der Waals surface area contributed by atoms with Crippen LogP contribution in [0.3, 0.4) is 0 Å². The molecule has 2 aromatic carbocycles. The Morgan fingerprint density at radius 1 is 1.03 bits per heavy atom. The summed E-state index contributed by atoms with van der Waals surface area (Å²) < 4.78 is 6.51. The van der Waals surface area contributed by atoms with Crippen molar-refractivity contribution in [2.45, 2.75) is 70.7 Å². The molecule has 0 spiro atoms. The molecule has 3 aromatic rings. The molecule has 7 nitrogen and oxygen atoms in total. The molecular formula is C27H32N4O3S. The van der Waals surface area contributed by atoms with E-state index in [0.29, 0.717) is 22.4 Å². The number of hydrogen-bond donors (Lipinski definition) is 1. The molecule has 4 rings (SSSR count). The topological polar surface area (TPSA) is 88.4 Å². The molecule has 8 heteroatoms. The van der Waals surface area contributed by atoms with Crippen LogP contribution in [0.25, 0.3) is 11.3 Å². The molecule has 0 aliphatic carbocycles. The van der Waals surface area contributed by atoms with E-state index >= 15 is 0 Å². The van der Waals surface area contributed by atoms with E-state index in [1.54, 1.807) is 4.90 Å². The van der Waals surface area contributed by atoms with Crippen LogP contribution in [0.5, 0.6) is 11.6 Å². The number of para-hydroxylation sites is 1. The number of rotatable bonds is 2. The van der Waals surface area contributed by atoms with Crippen molar-refractivity contribution in [2.75, 3.05) is 11.2 Å². The molecular weight excluding hydrogens is 460 g/mol. The maximum atomic E-state index is 13.1. The zero-order valence-electron chi connectivity index (χ0n) is 21.5. The summed E-state index contributed by atoms with van der Waals surface area (Å²) in [6, 6.07) is 11.4. The molecule has 0 unspecified atom stereocenters. The molecule has 35 heavy (non-hydrogen) atoms. The second-order valence-electron chi connectivity index (χ2n) is 10.8. The van der Waals surface area contributed by atoms with Gasteiger partial charge in [0.2, 0.25) is 23.2 Å². The summed E-state index contributed by atoms with van der Waals surface area (Å²) in [4.78, 5) is 19.4.